The number of nitrogens with zero attached hydrogens (tertiary/aromatic N) is 2. The quantitative estimate of drug-likeness (QED) is 0.869. The molecule has 0 spiro atoms. The number of fused-ring (bicyclic) bond motifs is 1. The molecule has 1 aliphatic heterocycles. The van der Waals surface area contributed by atoms with Crippen LogP contribution in [0.2, 0.25) is 0 Å². The fourth-order valence-corrected chi connectivity index (χ4v) is 3.19. The van der Waals surface area contributed by atoms with Crippen molar-refractivity contribution in [3.63, 3.8) is 0 Å². The smallest absolute Gasteiger partial charge is 0.270 e. The number of aromatic nitrogens is 1. The summed E-state index contributed by atoms with van der Waals surface area (Å²) in [4.78, 5) is 14.5. The number of rotatable bonds is 4. The lowest BCUT2D eigenvalue weighted by atomic mass is 10.1. The number of carbonyl (C=O) groups is 1. The van der Waals surface area contributed by atoms with Gasteiger partial charge in [0.2, 0.25) is 0 Å². The van der Waals surface area contributed by atoms with Gasteiger partial charge in [-0.3, -0.25) is 4.79 Å². The molecule has 1 fully saturated rings. The third kappa shape index (κ3) is 2.39. The number of hydrogen-bond donors (Lipinski definition) is 0. The SMILES string of the molecule is CN(C[C@@H]1Cc2ccccc2O1)C(=O)c1cccn1C1CC1. The molecule has 114 valence electrons. The van der Waals surface area contributed by atoms with Gasteiger partial charge in [-0.1, -0.05) is 18.2 Å². The monoisotopic (exact) mass is 296 g/mol. The van der Waals surface area contributed by atoms with Crippen LogP contribution in [0.15, 0.2) is 42.6 Å². The van der Waals surface area contributed by atoms with Crippen LogP contribution in [0.1, 0.15) is 34.9 Å². The van der Waals surface area contributed by atoms with Crippen molar-refractivity contribution in [2.24, 2.45) is 0 Å². The van der Waals surface area contributed by atoms with Crippen molar-refractivity contribution in [1.29, 1.82) is 0 Å². The van der Waals surface area contributed by atoms with Gasteiger partial charge in [0.05, 0.1) is 6.54 Å². The first-order valence-corrected chi connectivity index (χ1v) is 7.89. The van der Waals surface area contributed by atoms with E-state index in [0.717, 1.165) is 17.9 Å². The van der Waals surface area contributed by atoms with Crippen LogP contribution in [0.25, 0.3) is 0 Å². The topological polar surface area (TPSA) is 34.5 Å². The first-order chi connectivity index (χ1) is 10.7. The van der Waals surface area contributed by atoms with Gasteiger partial charge in [-0.05, 0) is 36.6 Å². The Bertz CT molecular complexity index is 678. The standard InChI is InChI=1S/C18H20N2O2/c1-19(12-15-11-13-5-2-3-7-17(13)22-15)18(21)16-6-4-10-20(16)14-8-9-14/h2-7,10,14-15H,8-9,11-12H2,1H3/t15-/m0/s1. The molecule has 22 heavy (non-hydrogen) atoms. The first kappa shape index (κ1) is 13.4. The summed E-state index contributed by atoms with van der Waals surface area (Å²) in [6, 6.07) is 12.5. The summed E-state index contributed by atoms with van der Waals surface area (Å²) in [6.45, 7) is 0.614. The van der Waals surface area contributed by atoms with Gasteiger partial charge >= 0.3 is 0 Å². The highest BCUT2D eigenvalue weighted by atomic mass is 16.5. The van der Waals surface area contributed by atoms with E-state index in [2.05, 4.69) is 10.6 Å². The van der Waals surface area contributed by atoms with Crippen molar-refractivity contribution in [3.05, 3.63) is 53.9 Å². The fourth-order valence-electron chi connectivity index (χ4n) is 3.19. The predicted octanol–water partition coefficient (Wildman–Crippen LogP) is 2.90. The van der Waals surface area contributed by atoms with E-state index in [-0.39, 0.29) is 12.0 Å². The van der Waals surface area contributed by atoms with E-state index >= 15 is 0 Å². The van der Waals surface area contributed by atoms with Gasteiger partial charge in [-0.2, -0.15) is 0 Å². The zero-order valence-corrected chi connectivity index (χ0v) is 12.7. The Morgan fingerprint density at radius 1 is 1.27 bits per heavy atom. The molecule has 4 heteroatoms. The Labute approximate surface area is 130 Å². The molecule has 1 aromatic carbocycles. The number of amides is 1. The van der Waals surface area contributed by atoms with Crippen LogP contribution in [-0.2, 0) is 6.42 Å². The summed E-state index contributed by atoms with van der Waals surface area (Å²) in [5.74, 6) is 1.03. The average molecular weight is 296 g/mol. The zero-order valence-electron chi connectivity index (χ0n) is 12.7. The maximum absolute atomic E-state index is 12.7. The Morgan fingerprint density at radius 2 is 2.09 bits per heavy atom. The summed E-state index contributed by atoms with van der Waals surface area (Å²) in [5, 5.41) is 0. The largest absolute Gasteiger partial charge is 0.488 e. The highest BCUT2D eigenvalue weighted by Gasteiger charge is 2.29. The molecule has 1 aromatic heterocycles. The van der Waals surface area contributed by atoms with E-state index in [9.17, 15) is 4.79 Å². The van der Waals surface area contributed by atoms with Crippen LogP contribution < -0.4 is 4.74 Å². The Kier molecular flexibility index (Phi) is 3.17. The van der Waals surface area contributed by atoms with E-state index in [1.165, 1.54) is 18.4 Å². The van der Waals surface area contributed by atoms with Gasteiger partial charge in [0.15, 0.2) is 0 Å². The molecule has 1 amide bonds. The molecule has 1 saturated carbocycles. The van der Waals surface area contributed by atoms with Gasteiger partial charge in [0.1, 0.15) is 17.5 Å². The van der Waals surface area contributed by atoms with Crippen LogP contribution in [0.4, 0.5) is 0 Å². The minimum absolute atomic E-state index is 0.0516. The number of likely N-dealkylation sites (N-methyl/N-ethyl adjacent to an activating group) is 1. The molecule has 4 nitrogen and oxygen atoms in total. The molecule has 0 unspecified atom stereocenters. The van der Waals surface area contributed by atoms with Crippen molar-refractivity contribution >= 4 is 5.91 Å². The number of para-hydroxylation sites is 1. The van der Waals surface area contributed by atoms with E-state index < -0.39 is 0 Å². The van der Waals surface area contributed by atoms with Gasteiger partial charge in [0.25, 0.3) is 5.91 Å². The molecule has 0 radical (unpaired) electrons. The van der Waals surface area contributed by atoms with E-state index in [1.54, 1.807) is 4.90 Å². The second-order valence-electron chi connectivity index (χ2n) is 6.27. The lowest BCUT2D eigenvalue weighted by Gasteiger charge is -2.22. The minimum atomic E-state index is 0.0516. The fraction of sp³-hybridized carbons (Fsp3) is 0.389. The first-order valence-electron chi connectivity index (χ1n) is 7.89. The van der Waals surface area contributed by atoms with Crippen LogP contribution in [0.3, 0.4) is 0 Å². The third-order valence-electron chi connectivity index (χ3n) is 4.48. The van der Waals surface area contributed by atoms with E-state index in [4.69, 9.17) is 4.74 Å². The maximum Gasteiger partial charge on any atom is 0.270 e. The average Bonchev–Trinajstić information content (AvgIpc) is 3.11. The number of benzene rings is 1. The lowest BCUT2D eigenvalue weighted by Crippen LogP contribution is -2.37. The molecule has 2 heterocycles. The van der Waals surface area contributed by atoms with Gasteiger partial charge in [-0.15, -0.1) is 0 Å². The molecule has 0 saturated heterocycles. The normalized spacial score (nSPS) is 19.6. The Hall–Kier alpha value is -2.23. The summed E-state index contributed by atoms with van der Waals surface area (Å²) >= 11 is 0. The van der Waals surface area contributed by atoms with Crippen LogP contribution >= 0.6 is 0 Å². The summed E-state index contributed by atoms with van der Waals surface area (Å²) in [7, 11) is 1.86. The van der Waals surface area contributed by atoms with E-state index in [0.29, 0.717) is 12.6 Å². The van der Waals surface area contributed by atoms with Crippen molar-refractivity contribution < 1.29 is 9.53 Å². The Balaban J connectivity index is 1.43. The van der Waals surface area contributed by atoms with Gasteiger partial charge < -0.3 is 14.2 Å². The van der Waals surface area contributed by atoms with Crippen molar-refractivity contribution in [3.8, 4) is 5.75 Å². The zero-order chi connectivity index (χ0) is 15.1. The van der Waals surface area contributed by atoms with Crippen LogP contribution in [0, 0.1) is 0 Å². The van der Waals surface area contributed by atoms with Gasteiger partial charge in [0, 0.05) is 25.7 Å². The van der Waals surface area contributed by atoms with Crippen LogP contribution in [-0.4, -0.2) is 35.1 Å². The van der Waals surface area contributed by atoms with E-state index in [1.807, 2.05) is 43.6 Å². The molecular weight excluding hydrogens is 276 g/mol. The van der Waals surface area contributed by atoms with Crippen molar-refractivity contribution in [1.82, 2.24) is 9.47 Å². The minimum Gasteiger partial charge on any atom is -0.488 e. The molecule has 0 bridgehead atoms. The predicted molar refractivity (Wildman–Crippen MR) is 84.2 cm³/mol. The molecule has 2 aromatic rings. The second-order valence-corrected chi connectivity index (χ2v) is 6.27. The summed E-state index contributed by atoms with van der Waals surface area (Å²) in [5.41, 5.74) is 2.02. The second kappa shape index (κ2) is 5.20. The van der Waals surface area contributed by atoms with Crippen molar-refractivity contribution in [2.45, 2.75) is 31.4 Å². The lowest BCUT2D eigenvalue weighted by molar-refractivity contribution is 0.0719. The summed E-state index contributed by atoms with van der Waals surface area (Å²) in [6.07, 6.45) is 5.30. The molecule has 1 aliphatic carbocycles. The third-order valence-corrected chi connectivity index (χ3v) is 4.48. The molecule has 1 atom stereocenters. The Morgan fingerprint density at radius 3 is 2.86 bits per heavy atom. The maximum atomic E-state index is 12.7. The van der Waals surface area contributed by atoms with Crippen LogP contribution in [0.5, 0.6) is 5.75 Å². The molecule has 4 rings (SSSR count). The highest BCUT2D eigenvalue weighted by Crippen LogP contribution is 2.36. The van der Waals surface area contributed by atoms with Gasteiger partial charge in [-0.25, -0.2) is 0 Å². The highest BCUT2D eigenvalue weighted by molar-refractivity contribution is 5.92. The van der Waals surface area contributed by atoms with Crippen molar-refractivity contribution in [2.75, 3.05) is 13.6 Å². The molecular formula is C18H20N2O2. The molecule has 2 aliphatic rings. The molecule has 0 N–H and O–H groups in total. The summed E-state index contributed by atoms with van der Waals surface area (Å²) < 4.78 is 8.05. The number of hydrogen-bond acceptors (Lipinski definition) is 2. The number of ether oxygens (including phenoxy) is 1. The number of carbonyl (C=O) groups excluding carboxylic acids is 1.